The van der Waals surface area contributed by atoms with Gasteiger partial charge in [-0.1, -0.05) is 32.9 Å². The Morgan fingerprint density at radius 1 is 0.907 bits per heavy atom. The molecule has 3 aliphatic heterocycles. The summed E-state index contributed by atoms with van der Waals surface area (Å²) in [5.74, 6) is -3.90. The largest absolute Gasteiger partial charge is 0.459 e. The summed E-state index contributed by atoms with van der Waals surface area (Å²) in [4.78, 5) is 21.6. The Morgan fingerprint density at radius 3 is 2.09 bits per heavy atom. The van der Waals surface area contributed by atoms with Gasteiger partial charge >= 0.3 is 5.97 Å². The molecule has 2 unspecified atom stereocenters. The number of hydrogen-bond donors (Lipinski definition) is 5. The lowest BCUT2D eigenvalue weighted by Crippen LogP contribution is -2.61. The highest BCUT2D eigenvalue weighted by Crippen LogP contribution is 2.41. The zero-order valence-corrected chi connectivity index (χ0v) is 35.1. The van der Waals surface area contributed by atoms with Gasteiger partial charge in [-0.25, -0.2) is 0 Å². The molecule has 5 N–H and O–H groups in total. The molecule has 18 atom stereocenters. The summed E-state index contributed by atoms with van der Waals surface area (Å²) in [6.45, 7) is 19.1. The molecule has 3 fully saturated rings. The van der Waals surface area contributed by atoms with E-state index in [0.717, 1.165) is 0 Å². The first-order valence-electron chi connectivity index (χ1n) is 19.7. The van der Waals surface area contributed by atoms with E-state index >= 15 is 0 Å². The summed E-state index contributed by atoms with van der Waals surface area (Å²) < 4.78 is 37.5. The fourth-order valence-corrected chi connectivity index (χ4v) is 8.73. The number of cyclic esters (lactones) is 1. The van der Waals surface area contributed by atoms with Crippen LogP contribution in [0, 0.1) is 23.7 Å². The van der Waals surface area contributed by atoms with Crippen LogP contribution < -0.4 is 0 Å². The van der Waals surface area contributed by atoms with Gasteiger partial charge in [-0.05, 0) is 81.8 Å². The van der Waals surface area contributed by atoms with E-state index in [1.165, 1.54) is 14.0 Å². The highest BCUT2D eigenvalue weighted by Gasteiger charge is 2.53. The Kier molecular flexibility index (Phi) is 16.4. The molecule has 15 heteroatoms. The Morgan fingerprint density at radius 2 is 1.54 bits per heavy atom. The summed E-state index contributed by atoms with van der Waals surface area (Å²) >= 11 is 0. The highest BCUT2D eigenvalue weighted by atomic mass is 16.7. The topological polar surface area (TPSA) is 198 Å². The number of likely N-dealkylation sites (N-methyl/N-ethyl adjacent to an activating group) is 1. The van der Waals surface area contributed by atoms with Crippen LogP contribution >= 0.6 is 0 Å². The van der Waals surface area contributed by atoms with Crippen LogP contribution in [0.4, 0.5) is 0 Å². The third kappa shape index (κ3) is 10.3. The number of ether oxygens (including phenoxy) is 6. The molecule has 0 aromatic carbocycles. The van der Waals surface area contributed by atoms with Crippen LogP contribution in [0.3, 0.4) is 0 Å². The number of rotatable bonds is 9. The number of esters is 1. The second kappa shape index (κ2) is 18.8. The molecule has 3 heterocycles. The molecule has 0 aliphatic carbocycles. The van der Waals surface area contributed by atoms with E-state index < -0.39 is 102 Å². The molecule has 3 saturated heterocycles. The molecule has 54 heavy (non-hydrogen) atoms. The van der Waals surface area contributed by atoms with Crippen LogP contribution in [0.5, 0.6) is 0 Å². The highest BCUT2D eigenvalue weighted by molar-refractivity contribution is 5.88. The van der Waals surface area contributed by atoms with Gasteiger partial charge < -0.3 is 63.7 Å². The van der Waals surface area contributed by atoms with Gasteiger partial charge in [0.15, 0.2) is 12.6 Å². The second-order valence-corrected chi connectivity index (χ2v) is 17.0. The molecule has 0 spiro atoms. The number of carbonyl (C=O) groups excluding carboxylic acids is 1. The summed E-state index contributed by atoms with van der Waals surface area (Å²) in [5, 5.41) is 63.1. The first-order valence-corrected chi connectivity index (χ1v) is 19.7. The predicted molar refractivity (Wildman–Crippen MR) is 200 cm³/mol. The molecule has 0 bridgehead atoms. The van der Waals surface area contributed by atoms with Crippen LogP contribution in [-0.4, -0.2) is 154 Å². The minimum atomic E-state index is -1.91. The van der Waals surface area contributed by atoms with Crippen molar-refractivity contribution in [1.82, 2.24) is 4.90 Å². The van der Waals surface area contributed by atoms with Gasteiger partial charge in [-0.15, -0.1) is 0 Å². The first kappa shape index (κ1) is 46.9. The van der Waals surface area contributed by atoms with Crippen molar-refractivity contribution in [3.63, 3.8) is 0 Å². The second-order valence-electron chi connectivity index (χ2n) is 17.0. The Bertz CT molecular complexity index is 1230. The maximum absolute atomic E-state index is 14.2. The molecule has 0 saturated carbocycles. The molecule has 0 amide bonds. The number of aliphatic hydroxyl groups excluding tert-OH is 3. The van der Waals surface area contributed by atoms with Crippen LogP contribution in [0.25, 0.3) is 0 Å². The van der Waals surface area contributed by atoms with E-state index in [0.29, 0.717) is 12.1 Å². The minimum Gasteiger partial charge on any atom is -0.459 e. The first-order chi connectivity index (χ1) is 25.0. The monoisotopic (exact) mass is 777 g/mol. The lowest BCUT2D eigenvalue weighted by Gasteiger charge is -2.49. The van der Waals surface area contributed by atoms with Crippen LogP contribution in [0.1, 0.15) is 102 Å². The molecule has 0 radical (unpaired) electrons. The average Bonchev–Trinajstić information content (AvgIpc) is 3.09. The molecule has 316 valence electrons. The number of aliphatic hydroxyl groups is 5. The summed E-state index contributed by atoms with van der Waals surface area (Å²) in [7, 11) is 5.23. The predicted octanol–water partition coefficient (Wildman–Crippen LogP) is 2.61. The normalized spacial score (nSPS) is 48.3. The maximum Gasteiger partial charge on any atom is 0.311 e. The van der Waals surface area contributed by atoms with Crippen molar-refractivity contribution in [3.05, 3.63) is 0 Å². The lowest BCUT2D eigenvalue weighted by molar-refractivity contribution is -0.317. The molecule has 0 aromatic heterocycles. The van der Waals surface area contributed by atoms with E-state index in [-0.39, 0.29) is 38.0 Å². The van der Waals surface area contributed by atoms with Crippen molar-refractivity contribution in [2.24, 2.45) is 28.8 Å². The number of oxime groups is 1. The standard InChI is InChI=1S/C39H72N2O13/c1-15-27-39(11,47)32(43)22(5)29(40-49-16-2)20(3)18-37(9,46)34(54-36-30(42)26(41(12)13)17-21(4)50-36)23(6)31(24(7)35(45)52-27)53-28-19-38(10,48-14)33(44)25(8)51-28/h20-28,30-34,36,42-44,46-47H,15-19H2,1-14H3/b40-29+/t20-,21-,22-,23+,24-,25+,26+,27+,28?,30-,31+,32-,33+,34-,36+,37?,38-,39-/m1/s1. The fourth-order valence-electron chi connectivity index (χ4n) is 8.73. The Hall–Kier alpha value is -1.50. The molecule has 0 aromatic rings. The van der Waals surface area contributed by atoms with Crippen LogP contribution in [-0.2, 0) is 38.1 Å². The summed E-state index contributed by atoms with van der Waals surface area (Å²) in [6.07, 6.45) is -9.08. The lowest BCUT2D eigenvalue weighted by atomic mass is 9.73. The molecule has 3 rings (SSSR count). The Balaban J connectivity index is 2.24. The van der Waals surface area contributed by atoms with E-state index in [9.17, 15) is 30.3 Å². The van der Waals surface area contributed by atoms with Crippen LogP contribution in [0.2, 0.25) is 0 Å². The SMILES string of the molecule is CCO/N=C1\[C@H](C)CC(C)(O)[C@H](O[C@@H]2O[C@H](C)C[C@H](N(C)C)[C@H]2O)[C@@H](C)[C@H](OC2C[C@@](C)(OC)[C@@H](O)[C@H](C)O2)[C@@H](C)C(=O)O[C@@H](CC)[C@@](C)(O)[C@H](O)[C@@H]1C. The van der Waals surface area contributed by atoms with Gasteiger partial charge in [0.25, 0.3) is 0 Å². The number of methoxy groups -OCH3 is 1. The zero-order valence-electron chi connectivity index (χ0n) is 35.1. The smallest absolute Gasteiger partial charge is 0.311 e. The van der Waals surface area contributed by atoms with E-state index in [1.54, 1.807) is 55.4 Å². The fraction of sp³-hybridized carbons (Fsp3) is 0.949. The quantitative estimate of drug-likeness (QED) is 0.169. The third-order valence-electron chi connectivity index (χ3n) is 12.2. The summed E-state index contributed by atoms with van der Waals surface area (Å²) in [5.41, 5.74) is -4.29. The van der Waals surface area contributed by atoms with E-state index in [4.69, 9.17) is 33.3 Å². The van der Waals surface area contributed by atoms with E-state index in [2.05, 4.69) is 5.16 Å². The molecule has 15 nitrogen and oxygen atoms in total. The minimum absolute atomic E-state index is 0.0241. The third-order valence-corrected chi connectivity index (χ3v) is 12.2. The van der Waals surface area contributed by atoms with Crippen molar-refractivity contribution in [3.8, 4) is 0 Å². The summed E-state index contributed by atoms with van der Waals surface area (Å²) in [6, 6.07) is -0.307. The maximum atomic E-state index is 14.2. The van der Waals surface area contributed by atoms with E-state index in [1.807, 2.05) is 32.8 Å². The van der Waals surface area contributed by atoms with Gasteiger partial charge in [0, 0.05) is 37.3 Å². The van der Waals surface area contributed by atoms with Crippen molar-refractivity contribution in [2.45, 2.75) is 186 Å². The number of nitrogens with zero attached hydrogens (tertiary/aromatic N) is 2. The van der Waals surface area contributed by atoms with Crippen molar-refractivity contribution < 1.29 is 63.6 Å². The van der Waals surface area contributed by atoms with Crippen LogP contribution in [0.15, 0.2) is 5.16 Å². The average molecular weight is 777 g/mol. The molecule has 3 aliphatic rings. The Labute approximate surface area is 322 Å². The van der Waals surface area contributed by atoms with Gasteiger partial charge in [0.05, 0.1) is 53.4 Å². The molecular weight excluding hydrogens is 704 g/mol. The van der Waals surface area contributed by atoms with Crippen molar-refractivity contribution in [1.29, 1.82) is 0 Å². The van der Waals surface area contributed by atoms with Gasteiger partial charge in [-0.3, -0.25) is 4.79 Å². The number of carbonyl (C=O) groups is 1. The van der Waals surface area contributed by atoms with Crippen molar-refractivity contribution >= 4 is 11.7 Å². The number of hydrogen-bond acceptors (Lipinski definition) is 15. The van der Waals surface area contributed by atoms with Crippen molar-refractivity contribution in [2.75, 3.05) is 27.8 Å². The van der Waals surface area contributed by atoms with Gasteiger partial charge in [0.1, 0.15) is 30.5 Å². The van der Waals surface area contributed by atoms with Gasteiger partial charge in [0.2, 0.25) is 0 Å². The van der Waals surface area contributed by atoms with Gasteiger partial charge in [-0.2, -0.15) is 0 Å². The zero-order chi connectivity index (χ0) is 41.1. The molecular formula is C39H72N2O13.